The first kappa shape index (κ1) is 20.5. The number of hydrogen-bond donors (Lipinski definition) is 1. The van der Waals surface area contributed by atoms with Crippen LogP contribution in [0.1, 0.15) is 37.0 Å². The molecule has 2 bridgehead atoms. The summed E-state index contributed by atoms with van der Waals surface area (Å²) in [5.41, 5.74) is 0.548. The molecule has 1 saturated heterocycles. The average Bonchev–Trinajstić information content (AvgIpc) is 3.31. The van der Waals surface area contributed by atoms with Gasteiger partial charge in [-0.1, -0.05) is 6.92 Å². The molecule has 2 aliphatic rings. The fourth-order valence-electron chi connectivity index (χ4n) is 4.33. The largest absolute Gasteiger partial charge is 0.493 e. The maximum absolute atomic E-state index is 12.8. The molecular weight excluding hydrogens is 358 g/mol. The molecule has 3 rings (SSSR count). The van der Waals surface area contributed by atoms with Crippen LogP contribution in [0.3, 0.4) is 0 Å². The summed E-state index contributed by atoms with van der Waals surface area (Å²) in [6, 6.07) is 5.39. The highest BCUT2D eigenvalue weighted by Gasteiger charge is 2.47. The van der Waals surface area contributed by atoms with Crippen molar-refractivity contribution in [3.05, 3.63) is 23.8 Å². The summed E-state index contributed by atoms with van der Waals surface area (Å²) in [7, 11) is 5.10. The first-order chi connectivity index (χ1) is 13.4. The van der Waals surface area contributed by atoms with E-state index in [-0.39, 0.29) is 29.9 Å². The lowest BCUT2D eigenvalue weighted by Crippen LogP contribution is -2.52. The van der Waals surface area contributed by atoms with E-state index in [1.54, 1.807) is 32.4 Å². The number of hydrogen-bond acceptors (Lipinski definition) is 5. The minimum Gasteiger partial charge on any atom is -0.493 e. The molecule has 1 saturated carbocycles. The lowest BCUT2D eigenvalue weighted by molar-refractivity contribution is -0.137. The van der Waals surface area contributed by atoms with Crippen LogP contribution in [0.25, 0.3) is 0 Å². The highest BCUT2D eigenvalue weighted by atomic mass is 16.5. The lowest BCUT2D eigenvalue weighted by atomic mass is 10.0. The third-order valence-corrected chi connectivity index (χ3v) is 6.30. The normalized spacial score (nSPS) is 24.4. The fraction of sp³-hybridized carbons (Fsp3) is 0.619. The molecule has 0 aromatic heterocycles. The number of methoxy groups -OCH3 is 2. The van der Waals surface area contributed by atoms with E-state index in [1.807, 2.05) is 18.9 Å². The van der Waals surface area contributed by atoms with Gasteiger partial charge in [0.1, 0.15) is 0 Å². The monoisotopic (exact) mass is 389 g/mol. The second kappa shape index (κ2) is 8.39. The predicted molar refractivity (Wildman–Crippen MR) is 107 cm³/mol. The molecule has 2 fully saturated rings. The fourth-order valence-corrected chi connectivity index (χ4v) is 4.33. The number of carbonyl (C=O) groups is 2. The van der Waals surface area contributed by atoms with Crippen LogP contribution < -0.4 is 14.8 Å². The predicted octanol–water partition coefficient (Wildman–Crippen LogP) is 1.76. The quantitative estimate of drug-likeness (QED) is 0.770. The molecule has 1 aromatic carbocycles. The Bertz CT molecular complexity index is 738. The number of carbonyl (C=O) groups excluding carboxylic acids is 2. The minimum absolute atomic E-state index is 0.105. The molecule has 7 heteroatoms. The van der Waals surface area contributed by atoms with Crippen molar-refractivity contribution in [2.45, 2.75) is 44.8 Å². The molecule has 1 aliphatic heterocycles. The Morgan fingerprint density at radius 2 is 1.96 bits per heavy atom. The van der Waals surface area contributed by atoms with Crippen molar-refractivity contribution in [2.75, 3.05) is 34.4 Å². The van der Waals surface area contributed by atoms with Crippen molar-refractivity contribution in [3.8, 4) is 11.5 Å². The number of likely N-dealkylation sites (tertiary alicyclic amines) is 1. The summed E-state index contributed by atoms with van der Waals surface area (Å²) in [4.78, 5) is 29.6. The minimum atomic E-state index is -0.115. The first-order valence-corrected chi connectivity index (χ1v) is 9.93. The van der Waals surface area contributed by atoms with Gasteiger partial charge in [0.25, 0.3) is 5.91 Å². The number of rotatable bonds is 7. The third-order valence-electron chi connectivity index (χ3n) is 6.30. The Kier molecular flexibility index (Phi) is 6.13. The van der Waals surface area contributed by atoms with E-state index in [4.69, 9.17) is 9.47 Å². The van der Waals surface area contributed by atoms with Crippen LogP contribution in [0, 0.1) is 5.92 Å². The molecular formula is C21H31N3O4. The summed E-state index contributed by atoms with van der Waals surface area (Å²) in [6.07, 6.45) is 1.78. The van der Waals surface area contributed by atoms with Gasteiger partial charge < -0.3 is 19.7 Å². The maximum atomic E-state index is 12.8. The zero-order chi connectivity index (χ0) is 20.4. The second-order valence-corrected chi connectivity index (χ2v) is 7.77. The second-order valence-electron chi connectivity index (χ2n) is 7.77. The summed E-state index contributed by atoms with van der Waals surface area (Å²) in [5, 5.41) is 3.15. The summed E-state index contributed by atoms with van der Waals surface area (Å²) in [5.74, 6) is 1.53. The number of ether oxygens (including phenoxy) is 2. The zero-order valence-corrected chi connectivity index (χ0v) is 17.4. The van der Waals surface area contributed by atoms with E-state index in [0.29, 0.717) is 23.0 Å². The van der Waals surface area contributed by atoms with Crippen molar-refractivity contribution >= 4 is 11.8 Å². The average molecular weight is 389 g/mol. The highest BCUT2D eigenvalue weighted by Crippen LogP contribution is 2.38. The molecule has 7 nitrogen and oxygen atoms in total. The van der Waals surface area contributed by atoms with E-state index in [0.717, 1.165) is 25.9 Å². The molecule has 154 valence electrons. The Morgan fingerprint density at radius 1 is 1.25 bits per heavy atom. The highest BCUT2D eigenvalue weighted by molar-refractivity contribution is 5.95. The number of piperidine rings is 1. The van der Waals surface area contributed by atoms with Crippen LogP contribution >= 0.6 is 0 Å². The van der Waals surface area contributed by atoms with Gasteiger partial charge in [-0.3, -0.25) is 14.5 Å². The molecule has 2 amide bonds. The maximum Gasteiger partial charge on any atom is 0.251 e. The number of fused-ring (bicyclic) bond motifs is 2. The molecule has 1 aliphatic carbocycles. The van der Waals surface area contributed by atoms with Crippen LogP contribution in [0.15, 0.2) is 18.2 Å². The van der Waals surface area contributed by atoms with Gasteiger partial charge in [-0.2, -0.15) is 0 Å². The molecule has 1 aromatic rings. The van der Waals surface area contributed by atoms with Gasteiger partial charge >= 0.3 is 0 Å². The van der Waals surface area contributed by atoms with Crippen LogP contribution in [-0.2, 0) is 4.79 Å². The summed E-state index contributed by atoms with van der Waals surface area (Å²) in [6.45, 7) is 5.59. The molecule has 0 spiro atoms. The Morgan fingerprint density at radius 3 is 2.54 bits per heavy atom. The van der Waals surface area contributed by atoms with Gasteiger partial charge in [0.2, 0.25) is 5.91 Å². The van der Waals surface area contributed by atoms with Gasteiger partial charge in [0.15, 0.2) is 11.5 Å². The van der Waals surface area contributed by atoms with E-state index in [2.05, 4.69) is 17.1 Å². The summed E-state index contributed by atoms with van der Waals surface area (Å²) < 4.78 is 10.5. The van der Waals surface area contributed by atoms with Crippen LogP contribution in [0.2, 0.25) is 0 Å². The standard InChI is InChI=1S/C21H31N3O4/c1-6-23(3)13(2)21(26)24-12-15-9-16(24)11-17(15)22-20(25)14-7-8-18(27-4)19(10-14)28-5/h7-8,10,13,15-17H,6,9,11-12H2,1-5H3,(H,22,25). The number of nitrogens with one attached hydrogen (secondary N) is 1. The first-order valence-electron chi connectivity index (χ1n) is 9.93. The molecule has 4 unspecified atom stereocenters. The van der Waals surface area contributed by atoms with E-state index in [9.17, 15) is 9.59 Å². The van der Waals surface area contributed by atoms with E-state index in [1.165, 1.54) is 0 Å². The van der Waals surface area contributed by atoms with E-state index < -0.39 is 0 Å². The van der Waals surface area contributed by atoms with Gasteiger partial charge in [-0.25, -0.2) is 0 Å². The van der Waals surface area contributed by atoms with E-state index >= 15 is 0 Å². The van der Waals surface area contributed by atoms with Crippen molar-refractivity contribution < 1.29 is 19.1 Å². The van der Waals surface area contributed by atoms with Crippen LogP contribution in [0.5, 0.6) is 11.5 Å². The molecule has 1 heterocycles. The van der Waals surface area contributed by atoms with Crippen molar-refractivity contribution in [3.63, 3.8) is 0 Å². The van der Waals surface area contributed by atoms with Crippen molar-refractivity contribution in [1.29, 1.82) is 0 Å². The lowest BCUT2D eigenvalue weighted by Gasteiger charge is -2.35. The Labute approximate surface area is 167 Å². The number of likely N-dealkylation sites (N-methyl/N-ethyl adjacent to an activating group) is 1. The molecule has 28 heavy (non-hydrogen) atoms. The van der Waals surface area contributed by atoms with Crippen LogP contribution in [-0.4, -0.2) is 74.1 Å². The topological polar surface area (TPSA) is 71.1 Å². The number of benzene rings is 1. The van der Waals surface area contributed by atoms with Gasteiger partial charge in [-0.05, 0) is 57.5 Å². The van der Waals surface area contributed by atoms with Gasteiger partial charge in [-0.15, -0.1) is 0 Å². The van der Waals surface area contributed by atoms with Crippen LogP contribution in [0.4, 0.5) is 0 Å². The Balaban J connectivity index is 1.60. The number of nitrogens with zero attached hydrogens (tertiary/aromatic N) is 2. The molecule has 0 radical (unpaired) electrons. The summed E-state index contributed by atoms with van der Waals surface area (Å²) >= 11 is 0. The van der Waals surface area contributed by atoms with Crippen molar-refractivity contribution in [1.82, 2.24) is 15.1 Å². The SMILES string of the molecule is CCN(C)C(C)C(=O)N1CC2CC1CC2NC(=O)c1ccc(OC)c(OC)c1. The van der Waals surface area contributed by atoms with Gasteiger partial charge in [0, 0.05) is 24.2 Å². The third kappa shape index (κ3) is 3.81. The smallest absolute Gasteiger partial charge is 0.251 e. The molecule has 4 atom stereocenters. The van der Waals surface area contributed by atoms with Gasteiger partial charge in [0.05, 0.1) is 20.3 Å². The number of amides is 2. The van der Waals surface area contributed by atoms with Crippen molar-refractivity contribution in [2.24, 2.45) is 5.92 Å². The molecule has 1 N–H and O–H groups in total. The Hall–Kier alpha value is -2.28. The zero-order valence-electron chi connectivity index (χ0n) is 17.4.